The van der Waals surface area contributed by atoms with E-state index in [1.54, 1.807) is 18.4 Å². The fourth-order valence-electron chi connectivity index (χ4n) is 3.31. The van der Waals surface area contributed by atoms with Gasteiger partial charge in [0.1, 0.15) is 0 Å². The molecule has 1 aromatic carbocycles. The molecule has 162 valence electrons. The lowest BCUT2D eigenvalue weighted by Gasteiger charge is -2.27. The third-order valence-corrected chi connectivity index (χ3v) is 6.03. The zero-order chi connectivity index (χ0) is 21.6. The van der Waals surface area contributed by atoms with E-state index in [0.717, 1.165) is 30.7 Å². The Morgan fingerprint density at radius 3 is 2.60 bits per heavy atom. The molecule has 2 aromatic rings. The Bertz CT molecular complexity index is 877. The van der Waals surface area contributed by atoms with Gasteiger partial charge in [-0.1, -0.05) is 12.1 Å². The average molecular weight is 439 g/mol. The Morgan fingerprint density at radius 2 is 1.90 bits per heavy atom. The van der Waals surface area contributed by atoms with Crippen LogP contribution in [0.2, 0.25) is 0 Å². The molecule has 0 aliphatic carbocycles. The molecule has 5 nitrogen and oxygen atoms in total. The highest BCUT2D eigenvalue weighted by atomic mass is 32.1. The molecule has 2 heterocycles. The molecule has 1 aliphatic heterocycles. The molecule has 2 N–H and O–H groups in total. The molecule has 0 spiro atoms. The largest absolute Gasteiger partial charge is 0.416 e. The van der Waals surface area contributed by atoms with Crippen molar-refractivity contribution >= 4 is 23.2 Å². The van der Waals surface area contributed by atoms with E-state index in [1.165, 1.54) is 22.6 Å². The van der Waals surface area contributed by atoms with E-state index in [0.29, 0.717) is 38.4 Å². The van der Waals surface area contributed by atoms with Gasteiger partial charge in [-0.3, -0.25) is 9.79 Å². The van der Waals surface area contributed by atoms with Gasteiger partial charge in [0, 0.05) is 44.5 Å². The highest BCUT2D eigenvalue weighted by molar-refractivity contribution is 7.10. The number of nitrogens with zero attached hydrogens (tertiary/aromatic N) is 2. The molecule has 1 aromatic heterocycles. The van der Waals surface area contributed by atoms with Gasteiger partial charge < -0.3 is 15.5 Å². The zero-order valence-corrected chi connectivity index (χ0v) is 17.6. The van der Waals surface area contributed by atoms with Crippen molar-refractivity contribution in [1.29, 1.82) is 0 Å². The number of halogens is 3. The van der Waals surface area contributed by atoms with Gasteiger partial charge in [0.15, 0.2) is 5.96 Å². The molecule has 9 heteroatoms. The van der Waals surface area contributed by atoms with Crippen LogP contribution >= 0.6 is 11.3 Å². The molecule has 0 radical (unpaired) electrons. The van der Waals surface area contributed by atoms with Gasteiger partial charge in [0.2, 0.25) is 5.91 Å². The first-order chi connectivity index (χ1) is 14.4. The van der Waals surface area contributed by atoms with Crippen LogP contribution < -0.4 is 10.6 Å². The van der Waals surface area contributed by atoms with E-state index in [2.05, 4.69) is 27.1 Å². The summed E-state index contributed by atoms with van der Waals surface area (Å²) in [5.74, 6) is 0.674. The zero-order valence-electron chi connectivity index (χ0n) is 16.8. The third-order valence-electron chi connectivity index (χ3n) is 5.00. The van der Waals surface area contributed by atoms with Crippen molar-refractivity contribution in [3.05, 3.63) is 57.3 Å². The number of carbonyl (C=O) groups is 1. The van der Waals surface area contributed by atoms with Gasteiger partial charge in [-0.05, 0) is 47.5 Å². The molecule has 0 unspecified atom stereocenters. The fourth-order valence-corrected chi connectivity index (χ4v) is 4.20. The number of fused-ring (bicyclic) bond motifs is 1. The lowest BCUT2D eigenvalue weighted by Crippen LogP contribution is -2.41. The van der Waals surface area contributed by atoms with Crippen molar-refractivity contribution in [3.8, 4) is 0 Å². The fraction of sp³-hybridized carbons (Fsp3) is 0.429. The normalized spacial score (nSPS) is 14.4. The average Bonchev–Trinajstić information content (AvgIpc) is 3.20. The summed E-state index contributed by atoms with van der Waals surface area (Å²) in [7, 11) is 1.64. The number of rotatable bonds is 6. The Kier molecular flexibility index (Phi) is 7.36. The van der Waals surface area contributed by atoms with E-state index in [1.807, 2.05) is 4.90 Å². The summed E-state index contributed by atoms with van der Waals surface area (Å²) in [5.41, 5.74) is 1.40. The standard InChI is InChI=1S/C21H25F3N4OS/c1-25-20(26-10-6-15-2-4-17(5-3-15)21(22,23)24)27-11-7-19(29)28-12-8-18-16(14-28)9-13-30-18/h2-5,9,13H,6-8,10-12,14H2,1H3,(H2,25,26,27). The third kappa shape index (κ3) is 5.98. The number of hydrogen-bond donors (Lipinski definition) is 2. The van der Waals surface area contributed by atoms with E-state index in [4.69, 9.17) is 0 Å². The van der Waals surface area contributed by atoms with Crippen molar-refractivity contribution in [3.63, 3.8) is 0 Å². The molecule has 1 amide bonds. The van der Waals surface area contributed by atoms with Crippen LogP contribution in [-0.4, -0.2) is 43.4 Å². The second-order valence-corrected chi connectivity index (χ2v) is 8.06. The Balaban J connectivity index is 1.36. The van der Waals surface area contributed by atoms with Crippen LogP contribution in [0.1, 0.15) is 28.0 Å². The molecular weight excluding hydrogens is 413 g/mol. The number of benzene rings is 1. The summed E-state index contributed by atoms with van der Waals surface area (Å²) in [6.45, 7) is 2.42. The second-order valence-electron chi connectivity index (χ2n) is 7.05. The molecule has 1 aliphatic rings. The number of aliphatic imine (C=N–C) groups is 1. The van der Waals surface area contributed by atoms with Crippen LogP contribution in [0.5, 0.6) is 0 Å². The molecular formula is C21H25F3N4OS. The SMILES string of the molecule is CN=C(NCCC(=O)N1CCc2sccc2C1)NCCc1ccc(C(F)(F)F)cc1. The minimum atomic E-state index is -4.32. The van der Waals surface area contributed by atoms with Crippen LogP contribution in [0.3, 0.4) is 0 Å². The van der Waals surface area contributed by atoms with Gasteiger partial charge in [0.05, 0.1) is 5.56 Å². The van der Waals surface area contributed by atoms with Gasteiger partial charge in [0.25, 0.3) is 0 Å². The van der Waals surface area contributed by atoms with E-state index >= 15 is 0 Å². The minimum Gasteiger partial charge on any atom is -0.356 e. The van der Waals surface area contributed by atoms with Gasteiger partial charge in [-0.25, -0.2) is 0 Å². The Labute approximate surface area is 178 Å². The van der Waals surface area contributed by atoms with Crippen molar-refractivity contribution in [2.75, 3.05) is 26.7 Å². The summed E-state index contributed by atoms with van der Waals surface area (Å²) in [4.78, 5) is 19.8. The van der Waals surface area contributed by atoms with E-state index < -0.39 is 11.7 Å². The van der Waals surface area contributed by atoms with Crippen molar-refractivity contribution in [2.24, 2.45) is 4.99 Å². The lowest BCUT2D eigenvalue weighted by atomic mass is 10.1. The summed E-state index contributed by atoms with van der Waals surface area (Å²) >= 11 is 1.75. The van der Waals surface area contributed by atoms with Crippen LogP contribution in [0, 0.1) is 0 Å². The summed E-state index contributed by atoms with van der Waals surface area (Å²) in [6.07, 6.45) is -2.46. The number of amides is 1. The Hall–Kier alpha value is -2.55. The minimum absolute atomic E-state index is 0.111. The molecule has 0 saturated heterocycles. The second kappa shape index (κ2) is 9.97. The van der Waals surface area contributed by atoms with Gasteiger partial charge in [-0.15, -0.1) is 11.3 Å². The Morgan fingerprint density at radius 1 is 1.17 bits per heavy atom. The van der Waals surface area contributed by atoms with Gasteiger partial charge in [-0.2, -0.15) is 13.2 Å². The number of nitrogens with one attached hydrogen (secondary N) is 2. The van der Waals surface area contributed by atoms with Gasteiger partial charge >= 0.3 is 6.18 Å². The summed E-state index contributed by atoms with van der Waals surface area (Å²) in [6, 6.07) is 7.23. The first-order valence-electron chi connectivity index (χ1n) is 9.80. The molecule has 0 saturated carbocycles. The number of thiophene rings is 1. The van der Waals surface area contributed by atoms with Crippen LogP contribution in [0.15, 0.2) is 40.7 Å². The summed E-state index contributed by atoms with van der Waals surface area (Å²) in [5, 5.41) is 8.30. The first kappa shape index (κ1) is 22.1. The first-order valence-corrected chi connectivity index (χ1v) is 10.7. The number of guanidine groups is 1. The molecule has 0 atom stereocenters. The molecule has 0 bridgehead atoms. The number of carbonyl (C=O) groups excluding carboxylic acids is 1. The van der Waals surface area contributed by atoms with Crippen molar-refractivity contribution < 1.29 is 18.0 Å². The predicted octanol–water partition coefficient (Wildman–Crippen LogP) is 3.45. The monoisotopic (exact) mass is 438 g/mol. The topological polar surface area (TPSA) is 56.7 Å². The lowest BCUT2D eigenvalue weighted by molar-refractivity contribution is -0.137. The van der Waals surface area contributed by atoms with E-state index in [-0.39, 0.29) is 5.91 Å². The van der Waals surface area contributed by atoms with Crippen LogP contribution in [0.25, 0.3) is 0 Å². The number of hydrogen-bond acceptors (Lipinski definition) is 3. The van der Waals surface area contributed by atoms with E-state index in [9.17, 15) is 18.0 Å². The maximum Gasteiger partial charge on any atom is 0.416 e. The molecule has 3 rings (SSSR count). The quantitative estimate of drug-likeness (QED) is 0.537. The maximum absolute atomic E-state index is 12.6. The molecule has 0 fully saturated rings. The van der Waals surface area contributed by atoms with Crippen molar-refractivity contribution in [2.45, 2.75) is 32.0 Å². The summed E-state index contributed by atoms with van der Waals surface area (Å²) < 4.78 is 37.8. The highest BCUT2D eigenvalue weighted by Gasteiger charge is 2.29. The molecule has 30 heavy (non-hydrogen) atoms. The van der Waals surface area contributed by atoms with Crippen LogP contribution in [-0.2, 0) is 30.4 Å². The highest BCUT2D eigenvalue weighted by Crippen LogP contribution is 2.29. The maximum atomic E-state index is 12.6. The smallest absolute Gasteiger partial charge is 0.356 e. The van der Waals surface area contributed by atoms with Crippen LogP contribution in [0.4, 0.5) is 13.2 Å². The number of alkyl halides is 3. The predicted molar refractivity (Wildman–Crippen MR) is 113 cm³/mol. The van der Waals surface area contributed by atoms with Crippen molar-refractivity contribution in [1.82, 2.24) is 15.5 Å².